The van der Waals surface area contributed by atoms with Gasteiger partial charge in [-0.05, 0) is 19.3 Å². The molecule has 0 spiro atoms. The van der Waals surface area contributed by atoms with Crippen LogP contribution >= 0.6 is 0 Å². The van der Waals surface area contributed by atoms with Crippen LogP contribution in [0.2, 0.25) is 0 Å². The Labute approximate surface area is 70.5 Å². The summed E-state index contributed by atoms with van der Waals surface area (Å²) in [4.78, 5) is 0. The maximum absolute atomic E-state index is 5.80. The zero-order valence-electron chi connectivity index (χ0n) is 8.49. The van der Waals surface area contributed by atoms with Gasteiger partial charge in [-0.3, -0.25) is 0 Å². The fraction of sp³-hybridized carbons (Fsp3) is 1.00. The molecule has 3 N–H and O–H groups in total. The third-order valence-electron chi connectivity index (χ3n) is 1.24. The molecule has 68 valence electrons. The van der Waals surface area contributed by atoms with Crippen molar-refractivity contribution < 1.29 is 0 Å². The van der Waals surface area contributed by atoms with Crippen molar-refractivity contribution in [3.05, 3.63) is 0 Å². The molecule has 0 aliphatic rings. The predicted octanol–water partition coefficient (Wildman–Crippen LogP) is 1.36. The van der Waals surface area contributed by atoms with Gasteiger partial charge in [0.25, 0.3) is 0 Å². The summed E-state index contributed by atoms with van der Waals surface area (Å²) >= 11 is 0. The number of nitrogens with one attached hydrogen (secondary N) is 1. The lowest BCUT2D eigenvalue weighted by Crippen LogP contribution is -2.45. The molecule has 0 aliphatic carbocycles. The Bertz CT molecular complexity index is 91.7. The molecule has 0 aromatic heterocycles. The van der Waals surface area contributed by atoms with Gasteiger partial charge in [-0.1, -0.05) is 20.8 Å². The highest BCUT2D eigenvalue weighted by molar-refractivity contribution is 4.76. The molecule has 0 radical (unpaired) electrons. The molecule has 0 unspecified atom stereocenters. The van der Waals surface area contributed by atoms with Crippen LogP contribution in [-0.4, -0.2) is 18.6 Å². The monoisotopic (exact) mass is 158 g/mol. The second-order valence-electron chi connectivity index (χ2n) is 5.15. The highest BCUT2D eigenvalue weighted by Gasteiger charge is 2.13. The minimum absolute atomic E-state index is 0.0920. The van der Waals surface area contributed by atoms with Gasteiger partial charge in [0.1, 0.15) is 0 Å². The van der Waals surface area contributed by atoms with Crippen LogP contribution < -0.4 is 11.1 Å². The highest BCUT2D eigenvalue weighted by Crippen LogP contribution is 2.10. The Hall–Kier alpha value is -0.0800. The lowest BCUT2D eigenvalue weighted by Gasteiger charge is -2.24. The Morgan fingerprint density at radius 1 is 1.00 bits per heavy atom. The van der Waals surface area contributed by atoms with E-state index in [2.05, 4.69) is 26.1 Å². The zero-order valence-corrected chi connectivity index (χ0v) is 8.49. The Morgan fingerprint density at radius 2 is 1.45 bits per heavy atom. The molecule has 0 heterocycles. The summed E-state index contributed by atoms with van der Waals surface area (Å²) in [6.45, 7) is 12.6. The summed E-state index contributed by atoms with van der Waals surface area (Å²) in [7, 11) is 0. The van der Waals surface area contributed by atoms with E-state index in [9.17, 15) is 0 Å². The molecule has 0 amide bonds. The molecule has 0 fully saturated rings. The van der Waals surface area contributed by atoms with Gasteiger partial charge < -0.3 is 11.1 Å². The molecular weight excluding hydrogens is 136 g/mol. The first kappa shape index (κ1) is 10.9. The summed E-state index contributed by atoms with van der Waals surface area (Å²) < 4.78 is 0. The summed E-state index contributed by atoms with van der Waals surface area (Å²) in [5, 5.41) is 3.34. The maximum Gasteiger partial charge on any atom is 0.0223 e. The average molecular weight is 158 g/mol. The number of rotatable bonds is 3. The zero-order chi connectivity index (χ0) is 9.12. The van der Waals surface area contributed by atoms with Crippen molar-refractivity contribution in [1.29, 1.82) is 0 Å². The van der Waals surface area contributed by atoms with Crippen molar-refractivity contribution in [3.63, 3.8) is 0 Å². The minimum Gasteiger partial charge on any atom is -0.324 e. The van der Waals surface area contributed by atoms with Crippen molar-refractivity contribution in [2.45, 2.75) is 40.2 Å². The molecule has 0 saturated carbocycles. The van der Waals surface area contributed by atoms with Crippen molar-refractivity contribution in [2.75, 3.05) is 13.1 Å². The van der Waals surface area contributed by atoms with E-state index in [-0.39, 0.29) is 5.54 Å². The number of nitrogens with two attached hydrogens (primary N) is 1. The standard InChI is InChI=1S/C9H22N2/c1-8(2,3)6-11-7-9(4,5)10/h11H,6-7,10H2,1-5H3. The van der Waals surface area contributed by atoms with Crippen LogP contribution in [-0.2, 0) is 0 Å². The van der Waals surface area contributed by atoms with Crippen molar-refractivity contribution in [2.24, 2.45) is 11.1 Å². The lowest BCUT2D eigenvalue weighted by atomic mass is 9.96. The number of hydrogen-bond donors (Lipinski definition) is 2. The van der Waals surface area contributed by atoms with Crippen molar-refractivity contribution >= 4 is 0 Å². The van der Waals surface area contributed by atoms with Crippen LogP contribution in [0, 0.1) is 5.41 Å². The molecule has 0 aromatic carbocycles. The van der Waals surface area contributed by atoms with Gasteiger partial charge >= 0.3 is 0 Å². The molecule has 11 heavy (non-hydrogen) atoms. The van der Waals surface area contributed by atoms with E-state index in [1.165, 1.54) is 0 Å². The van der Waals surface area contributed by atoms with Crippen LogP contribution in [0.5, 0.6) is 0 Å². The van der Waals surface area contributed by atoms with E-state index < -0.39 is 0 Å². The van der Waals surface area contributed by atoms with Gasteiger partial charge in [0.05, 0.1) is 0 Å². The summed E-state index contributed by atoms with van der Waals surface area (Å²) in [5.41, 5.74) is 6.06. The molecule has 0 aromatic rings. The SMILES string of the molecule is CC(C)(C)CNCC(C)(C)N. The molecule has 0 aliphatic heterocycles. The van der Waals surface area contributed by atoms with Crippen LogP contribution in [0.3, 0.4) is 0 Å². The predicted molar refractivity (Wildman–Crippen MR) is 50.6 cm³/mol. The van der Waals surface area contributed by atoms with Crippen molar-refractivity contribution in [3.8, 4) is 0 Å². The van der Waals surface area contributed by atoms with E-state index in [1.54, 1.807) is 0 Å². The van der Waals surface area contributed by atoms with Gasteiger partial charge in [-0.25, -0.2) is 0 Å². The fourth-order valence-corrected chi connectivity index (χ4v) is 0.760. The Kier molecular flexibility index (Phi) is 3.52. The third kappa shape index (κ3) is 9.92. The smallest absolute Gasteiger partial charge is 0.0223 e. The lowest BCUT2D eigenvalue weighted by molar-refractivity contribution is 0.354. The quantitative estimate of drug-likeness (QED) is 0.651. The van der Waals surface area contributed by atoms with Gasteiger partial charge in [-0.15, -0.1) is 0 Å². The Morgan fingerprint density at radius 3 is 1.73 bits per heavy atom. The first-order valence-corrected chi connectivity index (χ1v) is 4.20. The van der Waals surface area contributed by atoms with Crippen LogP contribution in [0.1, 0.15) is 34.6 Å². The number of hydrogen-bond acceptors (Lipinski definition) is 2. The summed E-state index contributed by atoms with van der Waals surface area (Å²) in [6.07, 6.45) is 0. The average Bonchev–Trinajstić information content (AvgIpc) is 1.55. The molecule has 0 rings (SSSR count). The minimum atomic E-state index is -0.0920. The second kappa shape index (κ2) is 3.55. The molecule has 0 saturated heterocycles. The highest BCUT2D eigenvalue weighted by atomic mass is 14.9. The maximum atomic E-state index is 5.80. The van der Waals surface area contributed by atoms with E-state index in [0.29, 0.717) is 5.41 Å². The van der Waals surface area contributed by atoms with Crippen LogP contribution in [0.25, 0.3) is 0 Å². The van der Waals surface area contributed by atoms with Gasteiger partial charge in [0.15, 0.2) is 0 Å². The van der Waals surface area contributed by atoms with Crippen LogP contribution in [0.4, 0.5) is 0 Å². The van der Waals surface area contributed by atoms with Crippen LogP contribution in [0.15, 0.2) is 0 Å². The largest absolute Gasteiger partial charge is 0.324 e. The third-order valence-corrected chi connectivity index (χ3v) is 1.24. The Balaban J connectivity index is 3.44. The first-order chi connectivity index (χ1) is 4.71. The van der Waals surface area contributed by atoms with Gasteiger partial charge in [0.2, 0.25) is 0 Å². The second-order valence-corrected chi connectivity index (χ2v) is 5.15. The van der Waals surface area contributed by atoms with E-state index in [1.807, 2.05) is 13.8 Å². The molecule has 0 bridgehead atoms. The van der Waals surface area contributed by atoms with E-state index >= 15 is 0 Å². The van der Waals surface area contributed by atoms with Crippen molar-refractivity contribution in [1.82, 2.24) is 5.32 Å². The topological polar surface area (TPSA) is 38.0 Å². The normalized spacial score (nSPS) is 13.6. The molecule has 2 nitrogen and oxygen atoms in total. The first-order valence-electron chi connectivity index (χ1n) is 4.20. The summed E-state index contributed by atoms with van der Waals surface area (Å²) in [6, 6.07) is 0. The summed E-state index contributed by atoms with van der Waals surface area (Å²) in [5.74, 6) is 0. The molecular formula is C9H22N2. The van der Waals surface area contributed by atoms with E-state index in [0.717, 1.165) is 13.1 Å². The van der Waals surface area contributed by atoms with Gasteiger partial charge in [0, 0.05) is 18.6 Å². The van der Waals surface area contributed by atoms with Gasteiger partial charge in [-0.2, -0.15) is 0 Å². The van der Waals surface area contributed by atoms with E-state index in [4.69, 9.17) is 5.73 Å². The molecule has 0 atom stereocenters. The fourth-order valence-electron chi connectivity index (χ4n) is 0.760. The molecule has 2 heteroatoms.